The molecule has 0 saturated heterocycles. The molecule has 0 aromatic heterocycles. The van der Waals surface area contributed by atoms with Crippen LogP contribution in [0.2, 0.25) is 0 Å². The van der Waals surface area contributed by atoms with Crippen molar-refractivity contribution in [1.82, 2.24) is 0 Å². The lowest BCUT2D eigenvalue weighted by Gasteiger charge is -2.05. The van der Waals surface area contributed by atoms with E-state index in [-0.39, 0.29) is 23.7 Å². The second-order valence-electron chi connectivity index (χ2n) is 4.33. The zero-order valence-electron chi connectivity index (χ0n) is 10.3. The molecule has 2 atom stereocenters. The summed E-state index contributed by atoms with van der Waals surface area (Å²) in [6, 6.07) is 7.80. The molecular weight excluding hydrogens is 230 g/mol. The van der Waals surface area contributed by atoms with Crippen molar-refractivity contribution >= 4 is 11.9 Å². The van der Waals surface area contributed by atoms with E-state index in [1.54, 1.807) is 0 Å². The number of rotatable bonds is 4. The molecule has 4 N–H and O–H groups in total. The third-order valence-electron chi connectivity index (χ3n) is 2.94. The SMILES string of the molecule is CCOc1cccc(C2CC2C(=O)N=C(N)N)c1. The number of guanidine groups is 1. The van der Waals surface area contributed by atoms with Gasteiger partial charge in [-0.2, -0.15) is 4.99 Å². The van der Waals surface area contributed by atoms with Crippen molar-refractivity contribution < 1.29 is 9.53 Å². The first-order valence-corrected chi connectivity index (χ1v) is 5.98. The Kier molecular flexibility index (Phi) is 3.50. The molecule has 1 amide bonds. The van der Waals surface area contributed by atoms with E-state index in [4.69, 9.17) is 16.2 Å². The molecule has 0 bridgehead atoms. The number of nitrogens with zero attached hydrogens (tertiary/aromatic N) is 1. The first kappa shape index (κ1) is 12.4. The average Bonchev–Trinajstić information content (AvgIpc) is 3.09. The minimum atomic E-state index is -0.234. The minimum Gasteiger partial charge on any atom is -0.494 e. The Bertz CT molecular complexity index is 481. The number of carbonyl (C=O) groups is 1. The van der Waals surface area contributed by atoms with Crippen LogP contribution in [0.1, 0.15) is 24.8 Å². The monoisotopic (exact) mass is 247 g/mol. The average molecular weight is 247 g/mol. The van der Waals surface area contributed by atoms with Gasteiger partial charge in [-0.15, -0.1) is 0 Å². The van der Waals surface area contributed by atoms with E-state index < -0.39 is 0 Å². The molecule has 0 radical (unpaired) electrons. The normalized spacial score (nSPS) is 21.2. The zero-order valence-corrected chi connectivity index (χ0v) is 10.3. The van der Waals surface area contributed by atoms with Gasteiger partial charge in [0.05, 0.1) is 6.61 Å². The van der Waals surface area contributed by atoms with Gasteiger partial charge in [-0.05, 0) is 37.0 Å². The number of benzene rings is 1. The highest BCUT2D eigenvalue weighted by molar-refractivity contribution is 5.94. The standard InChI is InChI=1S/C13H17N3O2/c1-2-18-9-5-3-4-8(6-9)10-7-11(10)12(17)16-13(14)15/h3-6,10-11H,2,7H2,1H3,(H4,14,15,16,17). The fourth-order valence-corrected chi connectivity index (χ4v) is 2.05. The highest BCUT2D eigenvalue weighted by atomic mass is 16.5. The second-order valence-corrected chi connectivity index (χ2v) is 4.33. The number of hydrogen-bond acceptors (Lipinski definition) is 2. The van der Waals surface area contributed by atoms with E-state index in [0.717, 1.165) is 17.7 Å². The van der Waals surface area contributed by atoms with Crippen LogP contribution in [0, 0.1) is 5.92 Å². The zero-order chi connectivity index (χ0) is 13.1. The summed E-state index contributed by atoms with van der Waals surface area (Å²) in [6.07, 6.45) is 0.797. The van der Waals surface area contributed by atoms with E-state index in [9.17, 15) is 4.79 Å². The van der Waals surface area contributed by atoms with Crippen molar-refractivity contribution in [2.24, 2.45) is 22.4 Å². The lowest BCUT2D eigenvalue weighted by atomic mass is 10.1. The number of carbonyl (C=O) groups excluding carboxylic acids is 1. The van der Waals surface area contributed by atoms with Crippen molar-refractivity contribution in [3.05, 3.63) is 29.8 Å². The summed E-state index contributed by atoms with van der Waals surface area (Å²) in [7, 11) is 0. The number of aliphatic imine (C=N–C) groups is 1. The molecule has 0 heterocycles. The molecule has 1 aliphatic carbocycles. The van der Waals surface area contributed by atoms with E-state index in [1.807, 2.05) is 31.2 Å². The smallest absolute Gasteiger partial charge is 0.252 e. The summed E-state index contributed by atoms with van der Waals surface area (Å²) >= 11 is 0. The Balaban J connectivity index is 2.05. The molecule has 18 heavy (non-hydrogen) atoms. The largest absolute Gasteiger partial charge is 0.494 e. The van der Waals surface area contributed by atoms with Crippen LogP contribution in [-0.2, 0) is 4.79 Å². The molecule has 0 aliphatic heterocycles. The van der Waals surface area contributed by atoms with Crippen molar-refractivity contribution in [2.75, 3.05) is 6.61 Å². The molecule has 0 spiro atoms. The summed E-state index contributed by atoms with van der Waals surface area (Å²) in [5.74, 6) is 0.537. The highest BCUT2D eigenvalue weighted by Crippen LogP contribution is 2.48. The van der Waals surface area contributed by atoms with Crippen LogP contribution in [0.4, 0.5) is 0 Å². The maximum absolute atomic E-state index is 11.6. The summed E-state index contributed by atoms with van der Waals surface area (Å²) in [5, 5.41) is 0. The first-order chi connectivity index (χ1) is 8.61. The van der Waals surface area contributed by atoms with Crippen molar-refractivity contribution in [2.45, 2.75) is 19.3 Å². The Hall–Kier alpha value is -2.04. The highest BCUT2D eigenvalue weighted by Gasteiger charge is 2.44. The van der Waals surface area contributed by atoms with Crippen molar-refractivity contribution in [3.8, 4) is 5.75 Å². The lowest BCUT2D eigenvalue weighted by Crippen LogP contribution is -2.24. The molecule has 1 fully saturated rings. The molecule has 1 aromatic carbocycles. The van der Waals surface area contributed by atoms with Crippen LogP contribution < -0.4 is 16.2 Å². The van der Waals surface area contributed by atoms with Crippen LogP contribution in [0.15, 0.2) is 29.3 Å². The van der Waals surface area contributed by atoms with Gasteiger partial charge in [0.15, 0.2) is 5.96 Å². The van der Waals surface area contributed by atoms with Crippen LogP contribution in [0.3, 0.4) is 0 Å². The fraction of sp³-hybridized carbons (Fsp3) is 0.385. The summed E-state index contributed by atoms with van der Waals surface area (Å²) < 4.78 is 5.43. The Morgan fingerprint density at radius 1 is 1.50 bits per heavy atom. The van der Waals surface area contributed by atoms with Gasteiger partial charge in [-0.1, -0.05) is 12.1 Å². The number of hydrogen-bond donors (Lipinski definition) is 2. The number of amides is 1. The number of nitrogens with two attached hydrogens (primary N) is 2. The quantitative estimate of drug-likeness (QED) is 0.613. The number of ether oxygens (including phenoxy) is 1. The van der Waals surface area contributed by atoms with Crippen molar-refractivity contribution in [1.29, 1.82) is 0 Å². The topological polar surface area (TPSA) is 90.7 Å². The van der Waals surface area contributed by atoms with Gasteiger partial charge < -0.3 is 16.2 Å². The maximum atomic E-state index is 11.6. The fourth-order valence-electron chi connectivity index (χ4n) is 2.05. The predicted molar refractivity (Wildman–Crippen MR) is 69.3 cm³/mol. The van der Waals surface area contributed by atoms with Gasteiger partial charge >= 0.3 is 0 Å². The van der Waals surface area contributed by atoms with Gasteiger partial charge in [-0.3, -0.25) is 4.79 Å². The predicted octanol–water partition coefficient (Wildman–Crippen LogP) is 0.989. The minimum absolute atomic E-state index is 0.0935. The van der Waals surface area contributed by atoms with Gasteiger partial charge in [0, 0.05) is 5.92 Å². The molecule has 96 valence electrons. The molecule has 5 nitrogen and oxygen atoms in total. The van der Waals surface area contributed by atoms with Gasteiger partial charge in [0.2, 0.25) is 0 Å². The van der Waals surface area contributed by atoms with Crippen LogP contribution in [0.5, 0.6) is 5.75 Å². The second kappa shape index (κ2) is 5.08. The summed E-state index contributed by atoms with van der Waals surface area (Å²) in [5.41, 5.74) is 11.5. The van der Waals surface area contributed by atoms with E-state index in [1.165, 1.54) is 0 Å². The summed E-state index contributed by atoms with van der Waals surface area (Å²) in [6.45, 7) is 2.57. The summed E-state index contributed by atoms with van der Waals surface area (Å²) in [4.78, 5) is 15.2. The maximum Gasteiger partial charge on any atom is 0.252 e. The van der Waals surface area contributed by atoms with E-state index in [0.29, 0.717) is 6.61 Å². The molecule has 1 saturated carbocycles. The lowest BCUT2D eigenvalue weighted by molar-refractivity contribution is -0.119. The van der Waals surface area contributed by atoms with Crippen molar-refractivity contribution in [3.63, 3.8) is 0 Å². The Morgan fingerprint density at radius 2 is 2.28 bits per heavy atom. The molecule has 1 aliphatic rings. The van der Waals surface area contributed by atoms with Gasteiger partial charge in [0.25, 0.3) is 5.91 Å². The molecule has 2 unspecified atom stereocenters. The molecular formula is C13H17N3O2. The molecule has 1 aromatic rings. The van der Waals surface area contributed by atoms with Gasteiger partial charge in [-0.25, -0.2) is 0 Å². The first-order valence-electron chi connectivity index (χ1n) is 5.98. The molecule has 2 rings (SSSR count). The van der Waals surface area contributed by atoms with Crippen LogP contribution >= 0.6 is 0 Å². The van der Waals surface area contributed by atoms with Crippen LogP contribution in [0.25, 0.3) is 0 Å². The molecule has 5 heteroatoms. The van der Waals surface area contributed by atoms with E-state index >= 15 is 0 Å². The van der Waals surface area contributed by atoms with E-state index in [2.05, 4.69) is 4.99 Å². The Labute approximate surface area is 106 Å². The van der Waals surface area contributed by atoms with Crippen LogP contribution in [-0.4, -0.2) is 18.5 Å². The Morgan fingerprint density at radius 3 is 2.94 bits per heavy atom. The third kappa shape index (κ3) is 2.80. The van der Waals surface area contributed by atoms with Gasteiger partial charge in [0.1, 0.15) is 5.75 Å². The third-order valence-corrected chi connectivity index (χ3v) is 2.94.